The highest BCUT2D eigenvalue weighted by atomic mass is 16.5. The third kappa shape index (κ3) is 4.86. The molecule has 0 bridgehead atoms. The Balaban J connectivity index is 1.99. The smallest absolute Gasteiger partial charge is 0.338 e. The number of hydrogen-bond acceptors (Lipinski definition) is 7. The van der Waals surface area contributed by atoms with Gasteiger partial charge in [-0.15, -0.1) is 0 Å². The van der Waals surface area contributed by atoms with E-state index in [9.17, 15) is 10.1 Å². The van der Waals surface area contributed by atoms with Crippen LogP contribution in [0.5, 0.6) is 11.5 Å². The SMILES string of the molecule is CCOC(=O)C1=C(C)OC(N)=C(C#N)C1c1ccc(OCc2c(C)cc(C)cc2C)c(OC)c1. The Morgan fingerprint density at radius 3 is 2.38 bits per heavy atom. The Morgan fingerprint density at radius 2 is 1.79 bits per heavy atom. The van der Waals surface area contributed by atoms with Gasteiger partial charge in [0, 0.05) is 0 Å². The zero-order valence-electron chi connectivity index (χ0n) is 20.4. The molecule has 0 radical (unpaired) electrons. The van der Waals surface area contributed by atoms with Crippen molar-refractivity contribution in [2.45, 2.75) is 47.1 Å². The van der Waals surface area contributed by atoms with E-state index in [1.165, 1.54) is 5.56 Å². The number of allylic oxidation sites excluding steroid dienone is 2. The van der Waals surface area contributed by atoms with Gasteiger partial charge in [0.25, 0.3) is 0 Å². The Morgan fingerprint density at radius 1 is 1.12 bits per heavy atom. The summed E-state index contributed by atoms with van der Waals surface area (Å²) in [6.07, 6.45) is 0. The lowest BCUT2D eigenvalue weighted by Crippen LogP contribution is -2.25. The second-order valence-corrected chi connectivity index (χ2v) is 8.19. The van der Waals surface area contributed by atoms with Crippen LogP contribution >= 0.6 is 0 Å². The van der Waals surface area contributed by atoms with Crippen LogP contribution in [0.1, 0.15) is 47.6 Å². The first-order chi connectivity index (χ1) is 16.2. The van der Waals surface area contributed by atoms with Gasteiger partial charge in [-0.3, -0.25) is 0 Å². The molecule has 0 amide bonds. The maximum absolute atomic E-state index is 12.7. The second-order valence-electron chi connectivity index (χ2n) is 8.19. The van der Waals surface area contributed by atoms with E-state index in [4.69, 9.17) is 24.7 Å². The zero-order valence-corrected chi connectivity index (χ0v) is 20.4. The molecule has 0 saturated heterocycles. The fraction of sp³-hybridized carbons (Fsp3) is 0.333. The first-order valence-corrected chi connectivity index (χ1v) is 11.0. The number of carbonyl (C=O) groups excluding carboxylic acids is 1. The molecule has 1 aliphatic heterocycles. The predicted molar refractivity (Wildman–Crippen MR) is 128 cm³/mol. The highest BCUT2D eigenvalue weighted by Crippen LogP contribution is 2.42. The maximum Gasteiger partial charge on any atom is 0.338 e. The van der Waals surface area contributed by atoms with E-state index < -0.39 is 11.9 Å². The molecule has 1 unspecified atom stereocenters. The normalized spacial score (nSPS) is 15.5. The minimum absolute atomic E-state index is 0.0392. The number of rotatable bonds is 7. The number of ether oxygens (including phenoxy) is 4. The number of nitrogens with zero attached hydrogens (tertiary/aromatic N) is 1. The number of benzene rings is 2. The van der Waals surface area contributed by atoms with E-state index >= 15 is 0 Å². The first-order valence-electron chi connectivity index (χ1n) is 11.0. The van der Waals surface area contributed by atoms with Crippen molar-refractivity contribution in [1.82, 2.24) is 0 Å². The summed E-state index contributed by atoms with van der Waals surface area (Å²) in [5, 5.41) is 9.77. The van der Waals surface area contributed by atoms with Crippen LogP contribution in [0.4, 0.5) is 0 Å². The number of esters is 1. The Bertz CT molecular complexity index is 1200. The Hall–Kier alpha value is -3.92. The molecule has 7 heteroatoms. The van der Waals surface area contributed by atoms with Gasteiger partial charge in [-0.2, -0.15) is 5.26 Å². The minimum Gasteiger partial charge on any atom is -0.493 e. The van der Waals surface area contributed by atoms with Gasteiger partial charge in [-0.25, -0.2) is 4.79 Å². The van der Waals surface area contributed by atoms with Crippen LogP contribution in [-0.2, 0) is 20.9 Å². The largest absolute Gasteiger partial charge is 0.493 e. The Labute approximate surface area is 200 Å². The number of hydrogen-bond donors (Lipinski definition) is 1. The molecule has 1 atom stereocenters. The lowest BCUT2D eigenvalue weighted by Gasteiger charge is -2.27. The summed E-state index contributed by atoms with van der Waals surface area (Å²) in [4.78, 5) is 12.7. The fourth-order valence-electron chi connectivity index (χ4n) is 4.26. The molecule has 2 aromatic carbocycles. The van der Waals surface area contributed by atoms with Crippen molar-refractivity contribution in [2.24, 2.45) is 5.73 Å². The zero-order chi connectivity index (χ0) is 25.0. The third-order valence-corrected chi connectivity index (χ3v) is 5.83. The first kappa shape index (κ1) is 24.7. The summed E-state index contributed by atoms with van der Waals surface area (Å²) in [6.45, 7) is 10.1. The number of methoxy groups -OCH3 is 1. The van der Waals surface area contributed by atoms with E-state index in [-0.39, 0.29) is 23.6 Å². The van der Waals surface area contributed by atoms with Crippen LogP contribution < -0.4 is 15.2 Å². The molecule has 0 aliphatic carbocycles. The molecule has 7 nitrogen and oxygen atoms in total. The van der Waals surface area contributed by atoms with Gasteiger partial charge in [0.15, 0.2) is 11.5 Å². The van der Waals surface area contributed by atoms with Crippen LogP contribution in [0.25, 0.3) is 0 Å². The molecule has 2 N–H and O–H groups in total. The Kier molecular flexibility index (Phi) is 7.52. The molecule has 2 aromatic rings. The molecule has 1 aliphatic rings. The molecular formula is C27H30N2O5. The molecule has 0 fully saturated rings. The van der Waals surface area contributed by atoms with E-state index in [1.807, 2.05) is 0 Å². The van der Waals surface area contributed by atoms with Gasteiger partial charge >= 0.3 is 5.97 Å². The standard InChI is InChI=1S/C27H30N2O5/c1-7-32-27(30)24-18(5)34-26(29)20(13-28)25(24)19-8-9-22(23(12-19)31-6)33-14-21-16(3)10-15(2)11-17(21)4/h8-12,25H,7,14,29H2,1-6H3. The third-order valence-electron chi connectivity index (χ3n) is 5.83. The second kappa shape index (κ2) is 10.3. The lowest BCUT2D eigenvalue weighted by atomic mass is 9.83. The van der Waals surface area contributed by atoms with Crippen LogP contribution in [0, 0.1) is 32.1 Å². The lowest BCUT2D eigenvalue weighted by molar-refractivity contribution is -0.139. The van der Waals surface area contributed by atoms with Gasteiger partial charge in [0.05, 0.1) is 25.2 Å². The van der Waals surface area contributed by atoms with Crippen LogP contribution in [0.2, 0.25) is 0 Å². The van der Waals surface area contributed by atoms with Gasteiger partial charge in [0.1, 0.15) is 24.0 Å². The fourth-order valence-corrected chi connectivity index (χ4v) is 4.26. The molecule has 178 valence electrons. The number of nitriles is 1. The van der Waals surface area contributed by atoms with Crippen molar-refractivity contribution in [3.05, 3.63) is 80.9 Å². The highest BCUT2D eigenvalue weighted by molar-refractivity contribution is 5.92. The van der Waals surface area contributed by atoms with Gasteiger partial charge in [-0.1, -0.05) is 23.8 Å². The van der Waals surface area contributed by atoms with E-state index in [2.05, 4.69) is 39.0 Å². The summed E-state index contributed by atoms with van der Waals surface area (Å²) in [5.41, 5.74) is 11.6. The molecule has 0 spiro atoms. The number of aryl methyl sites for hydroxylation is 3. The van der Waals surface area contributed by atoms with Crippen molar-refractivity contribution in [3.63, 3.8) is 0 Å². The summed E-state index contributed by atoms with van der Waals surface area (Å²) in [7, 11) is 1.54. The van der Waals surface area contributed by atoms with E-state index in [1.54, 1.807) is 39.2 Å². The van der Waals surface area contributed by atoms with Crippen molar-refractivity contribution in [2.75, 3.05) is 13.7 Å². The topological polar surface area (TPSA) is 104 Å². The number of nitrogens with two attached hydrogens (primary N) is 1. The van der Waals surface area contributed by atoms with Crippen molar-refractivity contribution < 1.29 is 23.7 Å². The average Bonchev–Trinajstić information content (AvgIpc) is 2.78. The van der Waals surface area contributed by atoms with Gasteiger partial charge < -0.3 is 24.7 Å². The molecule has 34 heavy (non-hydrogen) atoms. The van der Waals surface area contributed by atoms with Crippen molar-refractivity contribution in [1.29, 1.82) is 5.26 Å². The average molecular weight is 463 g/mol. The van der Waals surface area contributed by atoms with E-state index in [0.29, 0.717) is 29.4 Å². The summed E-state index contributed by atoms with van der Waals surface area (Å²) in [6, 6.07) is 11.6. The monoisotopic (exact) mass is 462 g/mol. The molecule has 3 rings (SSSR count). The predicted octanol–water partition coefficient (Wildman–Crippen LogP) is 4.84. The van der Waals surface area contributed by atoms with Gasteiger partial charge in [-0.05, 0) is 69.0 Å². The van der Waals surface area contributed by atoms with Crippen LogP contribution in [0.3, 0.4) is 0 Å². The molecule has 0 aromatic heterocycles. The molecule has 0 saturated carbocycles. The highest BCUT2D eigenvalue weighted by Gasteiger charge is 2.36. The van der Waals surface area contributed by atoms with Crippen molar-refractivity contribution in [3.8, 4) is 17.6 Å². The summed E-state index contributed by atoms with van der Waals surface area (Å²) < 4.78 is 22.4. The number of carbonyl (C=O) groups is 1. The summed E-state index contributed by atoms with van der Waals surface area (Å²) in [5.74, 6) is -0.0286. The van der Waals surface area contributed by atoms with Gasteiger partial charge in [0.2, 0.25) is 5.88 Å². The van der Waals surface area contributed by atoms with Crippen LogP contribution in [0.15, 0.2) is 53.1 Å². The van der Waals surface area contributed by atoms with Crippen LogP contribution in [-0.4, -0.2) is 19.7 Å². The molecular weight excluding hydrogens is 432 g/mol. The minimum atomic E-state index is -0.748. The molecule has 1 heterocycles. The van der Waals surface area contributed by atoms with Crippen molar-refractivity contribution >= 4 is 5.97 Å². The maximum atomic E-state index is 12.7. The van der Waals surface area contributed by atoms with E-state index in [0.717, 1.165) is 16.7 Å². The quantitative estimate of drug-likeness (QED) is 0.587. The summed E-state index contributed by atoms with van der Waals surface area (Å²) >= 11 is 0.